The number of rotatable bonds is 2. The van der Waals surface area contributed by atoms with Crippen molar-refractivity contribution in [2.75, 3.05) is 0 Å². The molecular formula is C25H21ClN2. The fourth-order valence-corrected chi connectivity index (χ4v) is 4.03. The molecule has 0 amide bonds. The molecule has 0 saturated carbocycles. The predicted octanol–water partition coefficient (Wildman–Crippen LogP) is 2.68. The molecule has 5 rings (SSSR count). The molecule has 0 radical (unpaired) electrons. The molecule has 0 spiro atoms. The SMILES string of the molecule is Cc1ccc2ccccc2c1-n1cc[n+](-c2c(C)ccc3ccccc23)c1.[Cl-]. The van der Waals surface area contributed by atoms with E-state index in [0.29, 0.717) is 0 Å². The first-order valence-corrected chi connectivity index (χ1v) is 9.29. The van der Waals surface area contributed by atoms with E-state index in [1.807, 2.05) is 0 Å². The third-order valence-electron chi connectivity index (χ3n) is 5.36. The highest BCUT2D eigenvalue weighted by atomic mass is 35.5. The van der Waals surface area contributed by atoms with Crippen molar-refractivity contribution in [2.45, 2.75) is 13.8 Å². The van der Waals surface area contributed by atoms with Crippen LogP contribution in [0.3, 0.4) is 0 Å². The van der Waals surface area contributed by atoms with Gasteiger partial charge in [0.05, 0.1) is 0 Å². The van der Waals surface area contributed by atoms with Crippen molar-refractivity contribution in [2.24, 2.45) is 0 Å². The molecule has 0 bridgehead atoms. The van der Waals surface area contributed by atoms with Crippen molar-refractivity contribution < 1.29 is 17.0 Å². The third kappa shape index (κ3) is 2.87. The minimum atomic E-state index is 0. The molecule has 0 aliphatic carbocycles. The molecular weight excluding hydrogens is 364 g/mol. The smallest absolute Gasteiger partial charge is 0.254 e. The lowest BCUT2D eigenvalue weighted by atomic mass is 10.0. The number of aromatic nitrogens is 2. The van der Waals surface area contributed by atoms with Crippen LogP contribution in [0.25, 0.3) is 32.9 Å². The van der Waals surface area contributed by atoms with Gasteiger partial charge in [-0.3, -0.25) is 0 Å². The summed E-state index contributed by atoms with van der Waals surface area (Å²) in [6.45, 7) is 4.35. The van der Waals surface area contributed by atoms with Gasteiger partial charge < -0.3 is 12.4 Å². The van der Waals surface area contributed by atoms with E-state index in [9.17, 15) is 0 Å². The van der Waals surface area contributed by atoms with Crippen LogP contribution in [0.2, 0.25) is 0 Å². The van der Waals surface area contributed by atoms with E-state index in [4.69, 9.17) is 0 Å². The standard InChI is InChI=1S/C25H21N2.ClH/c1-18-11-13-20-7-3-5-9-22(20)24(18)26-15-16-27(17-26)25-19(2)12-14-21-8-4-6-10-23(21)25;/h3-17H,1-2H3;1H/q+1;/p-1. The van der Waals surface area contributed by atoms with Crippen LogP contribution in [0.5, 0.6) is 0 Å². The molecule has 0 atom stereocenters. The van der Waals surface area contributed by atoms with Crippen molar-refractivity contribution in [1.82, 2.24) is 4.57 Å². The second-order valence-corrected chi connectivity index (χ2v) is 7.13. The average molecular weight is 385 g/mol. The van der Waals surface area contributed by atoms with E-state index in [0.717, 1.165) is 0 Å². The normalized spacial score (nSPS) is 10.9. The van der Waals surface area contributed by atoms with Crippen LogP contribution in [0, 0.1) is 13.8 Å². The summed E-state index contributed by atoms with van der Waals surface area (Å²) in [5.41, 5.74) is 5.02. The van der Waals surface area contributed by atoms with E-state index in [1.54, 1.807) is 0 Å². The first-order chi connectivity index (χ1) is 13.2. The summed E-state index contributed by atoms with van der Waals surface area (Å²) in [6, 6.07) is 25.9. The van der Waals surface area contributed by atoms with Crippen molar-refractivity contribution in [3.63, 3.8) is 0 Å². The molecule has 3 heteroatoms. The average Bonchev–Trinajstić information content (AvgIpc) is 3.16. The van der Waals surface area contributed by atoms with Gasteiger partial charge in [0.25, 0.3) is 6.33 Å². The maximum Gasteiger partial charge on any atom is 0.254 e. The van der Waals surface area contributed by atoms with Gasteiger partial charge in [0.15, 0.2) is 0 Å². The Labute approximate surface area is 171 Å². The first kappa shape index (κ1) is 18.3. The summed E-state index contributed by atoms with van der Waals surface area (Å²) in [4.78, 5) is 0. The molecule has 138 valence electrons. The maximum absolute atomic E-state index is 2.24. The van der Waals surface area contributed by atoms with Gasteiger partial charge in [0.1, 0.15) is 23.8 Å². The van der Waals surface area contributed by atoms with E-state index in [-0.39, 0.29) is 12.4 Å². The molecule has 0 saturated heterocycles. The number of nitrogens with zero attached hydrogens (tertiary/aromatic N) is 2. The van der Waals surface area contributed by atoms with Gasteiger partial charge in [-0.1, -0.05) is 72.8 Å². The molecule has 1 aromatic heterocycles. The maximum atomic E-state index is 2.24. The fourth-order valence-electron chi connectivity index (χ4n) is 4.03. The van der Waals surface area contributed by atoms with E-state index in [2.05, 4.69) is 114 Å². The van der Waals surface area contributed by atoms with Gasteiger partial charge in [0, 0.05) is 10.8 Å². The second-order valence-electron chi connectivity index (χ2n) is 7.13. The Morgan fingerprint density at radius 1 is 0.679 bits per heavy atom. The highest BCUT2D eigenvalue weighted by Gasteiger charge is 2.17. The lowest BCUT2D eigenvalue weighted by Crippen LogP contribution is -3.00. The summed E-state index contributed by atoms with van der Waals surface area (Å²) in [6.07, 6.45) is 6.48. The van der Waals surface area contributed by atoms with Gasteiger partial charge >= 0.3 is 0 Å². The van der Waals surface area contributed by atoms with Crippen LogP contribution in [0.15, 0.2) is 91.5 Å². The monoisotopic (exact) mass is 384 g/mol. The molecule has 28 heavy (non-hydrogen) atoms. The minimum Gasteiger partial charge on any atom is -1.00 e. The lowest BCUT2D eigenvalue weighted by molar-refractivity contribution is -0.593. The number of hydrogen-bond donors (Lipinski definition) is 0. The molecule has 0 unspecified atom stereocenters. The Morgan fingerprint density at radius 2 is 1.29 bits per heavy atom. The van der Waals surface area contributed by atoms with Gasteiger partial charge in [-0.05, 0) is 35.7 Å². The minimum absolute atomic E-state index is 0. The highest BCUT2D eigenvalue weighted by Crippen LogP contribution is 2.26. The number of fused-ring (bicyclic) bond motifs is 2. The van der Waals surface area contributed by atoms with Crippen LogP contribution in [0.1, 0.15) is 11.1 Å². The Morgan fingerprint density at radius 3 is 2.04 bits per heavy atom. The molecule has 2 nitrogen and oxygen atoms in total. The van der Waals surface area contributed by atoms with Crippen LogP contribution >= 0.6 is 0 Å². The fraction of sp³-hybridized carbons (Fsp3) is 0.0800. The number of hydrogen-bond acceptors (Lipinski definition) is 0. The Kier molecular flexibility index (Phi) is 4.66. The predicted molar refractivity (Wildman–Crippen MR) is 112 cm³/mol. The molecule has 0 fully saturated rings. The van der Waals surface area contributed by atoms with Gasteiger partial charge in [0.2, 0.25) is 0 Å². The molecule has 0 N–H and O–H groups in total. The summed E-state index contributed by atoms with van der Waals surface area (Å²) in [7, 11) is 0. The Balaban J connectivity index is 0.00000192. The van der Waals surface area contributed by atoms with E-state index < -0.39 is 0 Å². The van der Waals surface area contributed by atoms with Crippen LogP contribution in [-0.2, 0) is 0 Å². The van der Waals surface area contributed by atoms with Crippen molar-refractivity contribution >= 4 is 21.5 Å². The highest BCUT2D eigenvalue weighted by molar-refractivity contribution is 5.92. The van der Waals surface area contributed by atoms with Crippen LogP contribution in [0.4, 0.5) is 0 Å². The van der Waals surface area contributed by atoms with Crippen molar-refractivity contribution in [3.8, 4) is 11.4 Å². The van der Waals surface area contributed by atoms with Gasteiger partial charge in [-0.25, -0.2) is 9.13 Å². The summed E-state index contributed by atoms with van der Waals surface area (Å²) in [5.74, 6) is 0. The zero-order chi connectivity index (χ0) is 18.4. The van der Waals surface area contributed by atoms with E-state index in [1.165, 1.54) is 44.0 Å². The molecule has 0 aliphatic heterocycles. The largest absolute Gasteiger partial charge is 1.00 e. The quantitative estimate of drug-likeness (QED) is 0.414. The Hall–Kier alpha value is -3.10. The second kappa shape index (κ2) is 7.14. The molecule has 4 aromatic carbocycles. The van der Waals surface area contributed by atoms with Crippen molar-refractivity contribution in [3.05, 3.63) is 103 Å². The zero-order valence-electron chi connectivity index (χ0n) is 15.9. The Bertz CT molecular complexity index is 1200. The lowest BCUT2D eigenvalue weighted by Gasteiger charge is -2.08. The van der Waals surface area contributed by atoms with Crippen molar-refractivity contribution in [1.29, 1.82) is 0 Å². The third-order valence-corrected chi connectivity index (χ3v) is 5.36. The molecule has 0 aliphatic rings. The summed E-state index contributed by atoms with van der Waals surface area (Å²) in [5, 5.41) is 5.07. The number of aryl methyl sites for hydroxylation is 2. The van der Waals surface area contributed by atoms with E-state index >= 15 is 0 Å². The topological polar surface area (TPSA) is 8.81 Å². The number of halogens is 1. The van der Waals surface area contributed by atoms with Crippen LogP contribution < -0.4 is 17.0 Å². The number of benzene rings is 4. The van der Waals surface area contributed by atoms with Crippen LogP contribution in [-0.4, -0.2) is 4.57 Å². The van der Waals surface area contributed by atoms with Gasteiger partial charge in [-0.15, -0.1) is 0 Å². The number of imidazole rings is 1. The van der Waals surface area contributed by atoms with Gasteiger partial charge in [-0.2, -0.15) is 0 Å². The molecule has 5 aromatic rings. The zero-order valence-corrected chi connectivity index (χ0v) is 16.7. The summed E-state index contributed by atoms with van der Waals surface area (Å²) >= 11 is 0. The first-order valence-electron chi connectivity index (χ1n) is 9.29. The molecule has 1 heterocycles. The summed E-state index contributed by atoms with van der Waals surface area (Å²) < 4.78 is 4.47.